The van der Waals surface area contributed by atoms with Crippen LogP contribution in [0.1, 0.15) is 17.2 Å². The summed E-state index contributed by atoms with van der Waals surface area (Å²) in [6, 6.07) is 9.01. The van der Waals surface area contributed by atoms with Crippen molar-refractivity contribution in [3.8, 4) is 11.5 Å². The van der Waals surface area contributed by atoms with Gasteiger partial charge in [0.1, 0.15) is 22.6 Å². The van der Waals surface area contributed by atoms with E-state index in [0.29, 0.717) is 22.1 Å². The molecule has 0 saturated carbocycles. The fourth-order valence-corrected chi connectivity index (χ4v) is 3.61. The summed E-state index contributed by atoms with van der Waals surface area (Å²) in [7, 11) is 3.04. The van der Waals surface area contributed by atoms with Gasteiger partial charge in [-0.15, -0.1) is 0 Å². The first-order chi connectivity index (χ1) is 9.99. The van der Waals surface area contributed by atoms with Crippen LogP contribution in [0.3, 0.4) is 0 Å². The molecule has 6 heteroatoms. The lowest BCUT2D eigenvalue weighted by molar-refractivity contribution is 0.213. The molecule has 1 N–H and O–H groups in total. The van der Waals surface area contributed by atoms with Crippen molar-refractivity contribution >= 4 is 43.5 Å². The Morgan fingerprint density at radius 2 is 1.71 bits per heavy atom. The van der Waals surface area contributed by atoms with Gasteiger partial charge in [0, 0.05) is 14.5 Å². The Morgan fingerprint density at radius 1 is 1.05 bits per heavy atom. The van der Waals surface area contributed by atoms with Gasteiger partial charge in [0.15, 0.2) is 0 Å². The van der Waals surface area contributed by atoms with Gasteiger partial charge >= 0.3 is 0 Å². The topological polar surface area (TPSA) is 38.7 Å². The van der Waals surface area contributed by atoms with Crippen molar-refractivity contribution in [2.75, 3.05) is 14.2 Å². The molecule has 1 atom stereocenters. The van der Waals surface area contributed by atoms with Crippen LogP contribution in [-0.4, -0.2) is 19.3 Å². The van der Waals surface area contributed by atoms with Crippen molar-refractivity contribution < 1.29 is 14.6 Å². The Hall–Kier alpha value is -0.750. The van der Waals surface area contributed by atoms with Gasteiger partial charge in [0.05, 0.1) is 14.2 Å². The third-order valence-electron chi connectivity index (χ3n) is 3.07. The molecule has 2 aromatic rings. The van der Waals surface area contributed by atoms with E-state index in [4.69, 9.17) is 21.1 Å². The Bertz CT molecular complexity index is 662. The predicted octanol–water partition coefficient (Wildman–Crippen LogP) is 4.96. The summed E-state index contributed by atoms with van der Waals surface area (Å²) in [5, 5.41) is 11.0. The first-order valence-electron chi connectivity index (χ1n) is 6.03. The molecule has 0 fully saturated rings. The van der Waals surface area contributed by atoms with Crippen molar-refractivity contribution in [1.29, 1.82) is 0 Å². The van der Waals surface area contributed by atoms with Gasteiger partial charge in [-0.05, 0) is 29.8 Å². The zero-order valence-electron chi connectivity index (χ0n) is 11.4. The van der Waals surface area contributed by atoms with E-state index in [2.05, 4.69) is 31.9 Å². The minimum absolute atomic E-state index is 0.338. The molecular formula is C15H13Br2ClO3. The van der Waals surface area contributed by atoms with Crippen molar-refractivity contribution in [2.24, 2.45) is 0 Å². The molecule has 2 rings (SSSR count). The number of halogens is 3. The SMILES string of the molecule is COc1ccc(C(O)c2ccc(Br)cc2Br)c(OC)c1Cl. The van der Waals surface area contributed by atoms with Crippen molar-refractivity contribution in [3.63, 3.8) is 0 Å². The summed E-state index contributed by atoms with van der Waals surface area (Å²) in [4.78, 5) is 0. The van der Waals surface area contributed by atoms with Gasteiger partial charge < -0.3 is 14.6 Å². The largest absolute Gasteiger partial charge is 0.495 e. The smallest absolute Gasteiger partial charge is 0.147 e. The van der Waals surface area contributed by atoms with Crippen LogP contribution in [0.15, 0.2) is 39.3 Å². The lowest BCUT2D eigenvalue weighted by atomic mass is 10.0. The molecule has 0 aliphatic rings. The molecule has 0 saturated heterocycles. The molecule has 112 valence electrons. The summed E-state index contributed by atoms with van der Waals surface area (Å²) in [6.07, 6.45) is -0.870. The van der Waals surface area contributed by atoms with E-state index in [1.54, 1.807) is 12.1 Å². The van der Waals surface area contributed by atoms with E-state index in [9.17, 15) is 5.11 Å². The van der Waals surface area contributed by atoms with Gasteiger partial charge in [-0.25, -0.2) is 0 Å². The van der Waals surface area contributed by atoms with Crippen LogP contribution in [-0.2, 0) is 0 Å². The molecule has 0 aromatic heterocycles. The van der Waals surface area contributed by atoms with Crippen LogP contribution >= 0.6 is 43.5 Å². The fraction of sp³-hybridized carbons (Fsp3) is 0.200. The van der Waals surface area contributed by atoms with Gasteiger partial charge in [-0.2, -0.15) is 0 Å². The molecule has 0 radical (unpaired) electrons. The lowest BCUT2D eigenvalue weighted by Gasteiger charge is -2.18. The van der Waals surface area contributed by atoms with Crippen molar-refractivity contribution in [3.05, 3.63) is 55.4 Å². The van der Waals surface area contributed by atoms with E-state index < -0.39 is 6.10 Å². The maximum Gasteiger partial charge on any atom is 0.147 e. The molecule has 0 aliphatic carbocycles. The number of aliphatic hydroxyl groups excluding tert-OH is 1. The van der Waals surface area contributed by atoms with Crippen LogP contribution in [0.25, 0.3) is 0 Å². The summed E-state index contributed by atoms with van der Waals surface area (Å²) in [5.41, 5.74) is 1.30. The second kappa shape index (κ2) is 7.01. The van der Waals surface area contributed by atoms with Crippen LogP contribution in [0.2, 0.25) is 5.02 Å². The quantitative estimate of drug-likeness (QED) is 0.736. The highest BCUT2D eigenvalue weighted by molar-refractivity contribution is 9.11. The number of ether oxygens (including phenoxy) is 2. The Morgan fingerprint density at radius 3 is 2.29 bits per heavy atom. The third kappa shape index (κ3) is 3.37. The van der Waals surface area contributed by atoms with Crippen molar-refractivity contribution in [1.82, 2.24) is 0 Å². The third-order valence-corrected chi connectivity index (χ3v) is 4.61. The molecule has 1 unspecified atom stereocenters. The van der Waals surface area contributed by atoms with Gasteiger partial charge in [-0.1, -0.05) is 49.5 Å². The summed E-state index contributed by atoms with van der Waals surface area (Å²) >= 11 is 13.1. The number of rotatable bonds is 4. The Kier molecular flexibility index (Phi) is 5.54. The molecule has 2 aromatic carbocycles. The molecule has 0 aliphatic heterocycles. The first kappa shape index (κ1) is 16.6. The Balaban J connectivity index is 2.52. The second-order valence-corrected chi connectivity index (χ2v) is 6.42. The zero-order chi connectivity index (χ0) is 15.6. The van der Waals surface area contributed by atoms with E-state index >= 15 is 0 Å². The summed E-state index contributed by atoms with van der Waals surface area (Å²) in [5.74, 6) is 0.901. The molecule has 3 nitrogen and oxygen atoms in total. The van der Waals surface area contributed by atoms with Gasteiger partial charge in [0.25, 0.3) is 0 Å². The maximum atomic E-state index is 10.6. The molecule has 21 heavy (non-hydrogen) atoms. The molecule has 0 amide bonds. The number of hydrogen-bond donors (Lipinski definition) is 1. The number of methoxy groups -OCH3 is 2. The van der Waals surface area contributed by atoms with Crippen molar-refractivity contribution in [2.45, 2.75) is 6.10 Å². The lowest BCUT2D eigenvalue weighted by Crippen LogP contribution is -2.04. The maximum absolute atomic E-state index is 10.6. The highest BCUT2D eigenvalue weighted by Gasteiger charge is 2.22. The number of hydrogen-bond acceptors (Lipinski definition) is 3. The fourth-order valence-electron chi connectivity index (χ4n) is 2.02. The summed E-state index contributed by atoms with van der Waals surface area (Å²) in [6.45, 7) is 0. The standard InChI is InChI=1S/C15H13Br2ClO3/c1-20-12-6-5-10(15(21-2)13(12)18)14(19)9-4-3-8(16)7-11(9)17/h3-7,14,19H,1-2H3. The monoisotopic (exact) mass is 434 g/mol. The predicted molar refractivity (Wildman–Crippen MR) is 90.5 cm³/mol. The highest BCUT2D eigenvalue weighted by atomic mass is 79.9. The average molecular weight is 437 g/mol. The molecule has 0 spiro atoms. The van der Waals surface area contributed by atoms with E-state index in [0.717, 1.165) is 14.5 Å². The molecule has 0 heterocycles. The minimum atomic E-state index is -0.870. The molecular weight excluding hydrogens is 423 g/mol. The molecule has 0 bridgehead atoms. The van der Waals surface area contributed by atoms with E-state index in [1.807, 2.05) is 18.2 Å². The number of benzene rings is 2. The zero-order valence-corrected chi connectivity index (χ0v) is 15.3. The van der Waals surface area contributed by atoms with E-state index in [-0.39, 0.29) is 0 Å². The minimum Gasteiger partial charge on any atom is -0.495 e. The van der Waals surface area contributed by atoms with Crippen LogP contribution in [0, 0.1) is 0 Å². The van der Waals surface area contributed by atoms with E-state index in [1.165, 1.54) is 14.2 Å². The average Bonchev–Trinajstić information content (AvgIpc) is 2.46. The summed E-state index contributed by atoms with van der Waals surface area (Å²) < 4.78 is 12.2. The highest BCUT2D eigenvalue weighted by Crippen LogP contribution is 2.42. The van der Waals surface area contributed by atoms with Crippen LogP contribution in [0.4, 0.5) is 0 Å². The first-order valence-corrected chi connectivity index (χ1v) is 7.99. The normalized spacial score (nSPS) is 12.1. The van der Waals surface area contributed by atoms with Crippen LogP contribution < -0.4 is 9.47 Å². The van der Waals surface area contributed by atoms with Crippen LogP contribution in [0.5, 0.6) is 11.5 Å². The second-order valence-electron chi connectivity index (χ2n) is 4.27. The number of aliphatic hydroxyl groups is 1. The van der Waals surface area contributed by atoms with Gasteiger partial charge in [-0.3, -0.25) is 0 Å². The Labute approximate surface area is 145 Å². The van der Waals surface area contributed by atoms with Gasteiger partial charge in [0.2, 0.25) is 0 Å².